The number of phenols is 2. The molecular weight excluding hydrogens is 1250 g/mol. The molecule has 9 amide bonds. The molecule has 1 aliphatic heterocycles. The van der Waals surface area contributed by atoms with Crippen LogP contribution in [-0.2, 0) is 63.8 Å². The molecule has 94 heavy (non-hydrogen) atoms. The van der Waals surface area contributed by atoms with Gasteiger partial charge in [-0.3, -0.25) is 57.5 Å². The van der Waals surface area contributed by atoms with E-state index in [0.717, 1.165) is 6.42 Å². The van der Waals surface area contributed by atoms with Crippen molar-refractivity contribution in [3.63, 3.8) is 0 Å². The van der Waals surface area contributed by atoms with Crippen LogP contribution in [0.1, 0.15) is 134 Å². The Morgan fingerprint density at radius 3 is 1.73 bits per heavy atom. The van der Waals surface area contributed by atoms with Crippen LogP contribution < -0.4 is 53.0 Å². The van der Waals surface area contributed by atoms with Crippen LogP contribution in [0.4, 0.5) is 0 Å². The van der Waals surface area contributed by atoms with E-state index in [9.17, 15) is 103 Å². The number of benzene rings is 2. The van der Waals surface area contributed by atoms with Crippen LogP contribution in [0.15, 0.2) is 18.2 Å². The van der Waals surface area contributed by atoms with Gasteiger partial charge in [-0.1, -0.05) is 45.2 Å². The van der Waals surface area contributed by atoms with Crippen molar-refractivity contribution < 1.29 is 123 Å². The molecule has 0 spiro atoms. The number of Topliss-reactive ketones (excluding diaryl/α,β-unsaturated/α-hetero) is 1. The third-order valence-electron chi connectivity index (χ3n) is 16.9. The zero-order valence-corrected chi connectivity index (χ0v) is 52.0. The van der Waals surface area contributed by atoms with Gasteiger partial charge in [-0.2, -0.15) is 0 Å². The molecule has 3 aliphatic carbocycles. The van der Waals surface area contributed by atoms with E-state index < -0.39 is 249 Å². The summed E-state index contributed by atoms with van der Waals surface area (Å²) < 4.78 is 17.6. The van der Waals surface area contributed by atoms with Gasteiger partial charge in [0.1, 0.15) is 84.5 Å². The number of carbonyl (C=O) groups excluding carboxylic acids is 12. The number of ketones is 3. The quantitative estimate of drug-likeness (QED) is 0.0266. The number of carbonyl (C=O) groups is 12. The normalized spacial score (nSPS) is 22.4. The number of nitrogens with one attached hydrogen (secondary N) is 8. The number of ether oxygens (including phenoxy) is 3. The molecule has 0 radical (unpaired) electrons. The third kappa shape index (κ3) is 17.5. The van der Waals surface area contributed by atoms with Gasteiger partial charge in [0.25, 0.3) is 0 Å². The maximum atomic E-state index is 14.3. The molecule has 13 atom stereocenters. The molecule has 2 aromatic rings. The number of phenolic OH excluding ortho intramolecular Hbond substituents is 2. The highest BCUT2D eigenvalue weighted by Gasteiger charge is 2.51. The lowest BCUT2D eigenvalue weighted by atomic mass is 9.72. The molecule has 2 aromatic carbocycles. The zero-order valence-electron chi connectivity index (χ0n) is 52.0. The molecule has 34 nitrogen and oxygen atoms in total. The average molecular weight is 1330 g/mol. The lowest BCUT2D eigenvalue weighted by Gasteiger charge is -2.43. The van der Waals surface area contributed by atoms with Gasteiger partial charge in [-0.25, -0.2) is 0 Å². The number of primary amides is 1. The molecule has 0 bridgehead atoms. The number of aliphatic hydroxyl groups is 8. The Labute approximate surface area is 537 Å². The highest BCUT2D eigenvalue weighted by molar-refractivity contribution is 6.31. The second kappa shape index (κ2) is 33.2. The summed E-state index contributed by atoms with van der Waals surface area (Å²) in [5, 5.41) is 125. The maximum absolute atomic E-state index is 14.3. The number of rotatable bonds is 31. The average Bonchev–Trinajstić information content (AvgIpc) is 0.712. The van der Waals surface area contributed by atoms with Crippen molar-refractivity contribution >= 4 is 70.5 Å². The highest BCUT2D eigenvalue weighted by atomic mass is 16.7. The number of hydrogen-bond acceptors (Lipinski definition) is 25. The summed E-state index contributed by atoms with van der Waals surface area (Å²) in [6.45, 7) is -1.81. The first-order valence-electron chi connectivity index (χ1n) is 30.5. The monoisotopic (exact) mass is 1330 g/mol. The van der Waals surface area contributed by atoms with Crippen molar-refractivity contribution in [1.82, 2.24) is 42.5 Å². The van der Waals surface area contributed by atoms with Gasteiger partial charge >= 0.3 is 0 Å². The standard InChI is InChI=1S/C60H83N9O25/c1-25(2)15-32(54(85)64-31-16-42(93-26(3)48(31)79)94-38-18-60(91,39(76)23-74)17-29-44(38)52(83)46-45(50(29)81)49(80)28-11-8-12-37(92-4)43(28)51(46)82)65-56(87)34(20-71)66-53(84)30(13-14-40(61)77)63-59(90)47(27-9-6-5-7-10-27)69-58(89)36(22-73)68-57(88)35(21-72)67-55(86)33(19-70)62-41(78)24-75/h8,11-12,25-27,30-36,38,42,47-48,70-75,79,81,83,91H,5-7,9-10,13-24H2,1-4H3,(H2,61,77)(H,62,78)(H,63,90)(H,64,85)(H,65,87)(H,66,84)(H,67,86)(H,68,88)(H,69,89)/t26-,30+,31-,32+,33+,34+,35+,36+,38+,42-,47?,48+,60+/m1/s1. The molecule has 0 aromatic heterocycles. The molecule has 1 heterocycles. The fourth-order valence-electron chi connectivity index (χ4n) is 11.9. The maximum Gasteiger partial charge on any atom is 0.246 e. The second-order valence-corrected chi connectivity index (χ2v) is 23.9. The number of methoxy groups -OCH3 is 1. The Morgan fingerprint density at radius 2 is 1.20 bits per heavy atom. The van der Waals surface area contributed by atoms with Crippen LogP contribution in [0.5, 0.6) is 17.2 Å². The minimum absolute atomic E-state index is 0.0302. The second-order valence-electron chi connectivity index (χ2n) is 23.9. The van der Waals surface area contributed by atoms with Crippen LogP contribution in [0, 0.1) is 11.8 Å². The van der Waals surface area contributed by atoms with E-state index in [1.165, 1.54) is 32.2 Å². The van der Waals surface area contributed by atoms with E-state index in [1.807, 2.05) is 5.32 Å². The minimum Gasteiger partial charge on any atom is -0.507 e. The van der Waals surface area contributed by atoms with E-state index in [0.29, 0.717) is 25.7 Å². The van der Waals surface area contributed by atoms with Gasteiger partial charge in [-0.15, -0.1) is 0 Å². The Hall–Kier alpha value is -8.32. The largest absolute Gasteiger partial charge is 0.507 e. The molecule has 518 valence electrons. The van der Waals surface area contributed by atoms with Crippen molar-refractivity contribution in [2.45, 2.75) is 170 Å². The van der Waals surface area contributed by atoms with Crippen LogP contribution in [0.2, 0.25) is 0 Å². The molecule has 6 rings (SSSR count). The SMILES string of the molecule is COc1cccc2c1C(=O)c1c(O)c3c(c(O)c1C2=O)C[C@@](O)(C(=O)CO)C[C@@H]3O[C@@H]1C[C@@H](NC(=O)[C@H](CC(C)C)NC(=O)[C@H](CO)NC(=O)[C@H](CCC(N)=O)NC(=O)C(NC(=O)[C@H](CO)NC(=O)[C@H](CO)NC(=O)[C@H](CO)NC(=O)CO)C2CCCCC2)[C@@H](O)[C@@H](C)O1. The number of amides is 9. The zero-order chi connectivity index (χ0) is 69.6. The van der Waals surface area contributed by atoms with Gasteiger partial charge in [0.05, 0.1) is 68.5 Å². The lowest BCUT2D eigenvalue weighted by Crippen LogP contribution is -2.62. The van der Waals surface area contributed by atoms with Crippen LogP contribution >= 0.6 is 0 Å². The number of aromatic hydroxyl groups is 2. The molecule has 1 saturated heterocycles. The van der Waals surface area contributed by atoms with Crippen molar-refractivity contribution in [2.75, 3.05) is 46.8 Å². The Balaban J connectivity index is 1.17. The lowest BCUT2D eigenvalue weighted by molar-refractivity contribution is -0.249. The van der Waals surface area contributed by atoms with E-state index in [1.54, 1.807) is 13.8 Å². The fraction of sp³-hybridized carbons (Fsp3) is 0.600. The van der Waals surface area contributed by atoms with Crippen molar-refractivity contribution in [2.24, 2.45) is 17.6 Å². The third-order valence-corrected chi connectivity index (χ3v) is 16.9. The number of hydrogen-bond donors (Lipinski definition) is 19. The number of aliphatic hydroxyl groups excluding tert-OH is 7. The minimum atomic E-state index is -2.51. The Kier molecular flexibility index (Phi) is 26.4. The summed E-state index contributed by atoms with van der Waals surface area (Å²) in [5.74, 6) is -15.6. The number of fused-ring (bicyclic) bond motifs is 3. The molecular formula is C60H83N9O25. The van der Waals surface area contributed by atoms with E-state index in [2.05, 4.69) is 37.2 Å². The first kappa shape index (κ1) is 74.7. The van der Waals surface area contributed by atoms with Gasteiger partial charge in [0, 0.05) is 42.4 Å². The fourth-order valence-corrected chi connectivity index (χ4v) is 11.9. The van der Waals surface area contributed by atoms with Gasteiger partial charge in [0.15, 0.2) is 17.9 Å². The first-order chi connectivity index (χ1) is 44.5. The van der Waals surface area contributed by atoms with E-state index in [4.69, 9.17) is 25.1 Å². The summed E-state index contributed by atoms with van der Waals surface area (Å²) >= 11 is 0. The number of nitrogens with two attached hydrogens (primary N) is 1. The van der Waals surface area contributed by atoms with Gasteiger partial charge in [0.2, 0.25) is 58.9 Å². The summed E-state index contributed by atoms with van der Waals surface area (Å²) in [5.41, 5.74) is 0.505. The molecule has 34 heteroatoms. The predicted molar refractivity (Wildman–Crippen MR) is 319 cm³/mol. The predicted octanol–water partition coefficient (Wildman–Crippen LogP) is -6.59. The Bertz CT molecular complexity index is 3200. The van der Waals surface area contributed by atoms with Gasteiger partial charge in [-0.05, 0) is 50.5 Å². The molecule has 1 saturated carbocycles. The van der Waals surface area contributed by atoms with Crippen molar-refractivity contribution in [3.8, 4) is 17.2 Å². The molecule has 2 fully saturated rings. The molecule has 20 N–H and O–H groups in total. The summed E-state index contributed by atoms with van der Waals surface area (Å²) in [4.78, 5) is 162. The Morgan fingerprint density at radius 1 is 0.670 bits per heavy atom. The topological polar surface area (TPSA) is 557 Å². The van der Waals surface area contributed by atoms with Gasteiger partial charge < -0.3 is 114 Å². The van der Waals surface area contributed by atoms with Crippen LogP contribution in [0.25, 0.3) is 0 Å². The smallest absolute Gasteiger partial charge is 0.246 e. The molecule has 1 unspecified atom stereocenters. The summed E-state index contributed by atoms with van der Waals surface area (Å²) in [6.07, 6.45) is -6.39. The van der Waals surface area contributed by atoms with Crippen molar-refractivity contribution in [3.05, 3.63) is 51.6 Å². The molecule has 4 aliphatic rings. The highest BCUT2D eigenvalue weighted by Crippen LogP contribution is 2.52. The van der Waals surface area contributed by atoms with Crippen molar-refractivity contribution in [1.29, 1.82) is 0 Å². The van der Waals surface area contributed by atoms with Crippen LogP contribution in [0.3, 0.4) is 0 Å². The summed E-state index contributed by atoms with van der Waals surface area (Å²) in [6, 6.07) is -9.14. The first-order valence-corrected chi connectivity index (χ1v) is 30.5. The van der Waals surface area contributed by atoms with Crippen LogP contribution in [-0.4, -0.2) is 241 Å². The summed E-state index contributed by atoms with van der Waals surface area (Å²) in [7, 11) is 1.25. The van der Waals surface area contributed by atoms with E-state index >= 15 is 0 Å². The van der Waals surface area contributed by atoms with E-state index in [-0.39, 0.29) is 40.3 Å².